The van der Waals surface area contributed by atoms with Gasteiger partial charge in [-0.15, -0.1) is 23.2 Å². The predicted octanol–water partition coefficient (Wildman–Crippen LogP) is 12.3. The van der Waals surface area contributed by atoms with Crippen molar-refractivity contribution in [2.75, 3.05) is 29.5 Å². The molecule has 3 nitrogen and oxygen atoms in total. The van der Waals surface area contributed by atoms with Gasteiger partial charge in [0.25, 0.3) is 0 Å². The van der Waals surface area contributed by atoms with Crippen molar-refractivity contribution in [3.63, 3.8) is 0 Å². The molecule has 0 bridgehead atoms. The van der Waals surface area contributed by atoms with Crippen LogP contribution < -0.4 is 9.80 Å². The molecule has 6 heteroatoms. The molecule has 6 rings (SSSR count). The van der Waals surface area contributed by atoms with Crippen LogP contribution in [-0.2, 0) is 4.74 Å². The van der Waals surface area contributed by atoms with Crippen molar-refractivity contribution < 1.29 is 4.74 Å². The van der Waals surface area contributed by atoms with E-state index in [1.807, 2.05) is 0 Å². The molecule has 4 fully saturated rings. The lowest BCUT2D eigenvalue weighted by Gasteiger charge is -2.52. The summed E-state index contributed by atoms with van der Waals surface area (Å²) in [5, 5.41) is 0. The number of hydrogen-bond donors (Lipinski definition) is 0. The molecule has 0 amide bonds. The summed E-state index contributed by atoms with van der Waals surface area (Å²) in [6.07, 6.45) is 16.2. The first kappa shape index (κ1) is 36.4. The molecule has 1 atom stereocenters. The highest BCUT2D eigenvalue weighted by molar-refractivity contribution is 7.76. The molecule has 0 radical (unpaired) electrons. The highest BCUT2D eigenvalue weighted by Gasteiger charge is 2.50. The number of benzene rings is 2. The van der Waals surface area contributed by atoms with Crippen molar-refractivity contribution >= 4 is 47.4 Å². The molecule has 48 heavy (non-hydrogen) atoms. The van der Waals surface area contributed by atoms with Crippen molar-refractivity contribution in [2.45, 2.75) is 153 Å². The zero-order valence-corrected chi connectivity index (χ0v) is 33.3. The maximum absolute atomic E-state index is 7.36. The molecule has 1 saturated heterocycles. The third-order valence-corrected chi connectivity index (χ3v) is 18.5. The maximum Gasteiger partial charge on any atom is 0.122 e. The third kappa shape index (κ3) is 7.07. The van der Waals surface area contributed by atoms with E-state index in [2.05, 4.69) is 88.5 Å². The molecule has 3 saturated carbocycles. The van der Waals surface area contributed by atoms with Crippen LogP contribution in [0.3, 0.4) is 0 Å². The number of allylic oxidation sites excluding steroid dienone is 1. The monoisotopic (exact) mass is 710 g/mol. The Balaban J connectivity index is 1.67. The molecule has 264 valence electrons. The molecule has 2 aromatic rings. The first-order chi connectivity index (χ1) is 23.0. The molecule has 0 spiro atoms. The number of halogens is 2. The average Bonchev–Trinajstić information content (AvgIpc) is 3.45. The largest absolute Gasteiger partial charge is 0.354 e. The van der Waals surface area contributed by atoms with E-state index < -0.39 is 11.2 Å². The van der Waals surface area contributed by atoms with Crippen LogP contribution >= 0.6 is 30.1 Å². The summed E-state index contributed by atoms with van der Waals surface area (Å²) in [6.45, 7) is 16.7. The van der Waals surface area contributed by atoms with E-state index in [4.69, 9.17) is 27.9 Å². The minimum atomic E-state index is -1.78. The van der Waals surface area contributed by atoms with Crippen LogP contribution in [0, 0.1) is 41.5 Å². The Labute approximate surface area is 302 Å². The van der Waals surface area contributed by atoms with Crippen molar-refractivity contribution in [1.29, 1.82) is 0 Å². The lowest BCUT2D eigenvalue weighted by atomic mass is 9.92. The van der Waals surface area contributed by atoms with Gasteiger partial charge in [-0.3, -0.25) is 0 Å². The van der Waals surface area contributed by atoms with Gasteiger partial charge in [0.15, 0.2) is 0 Å². The number of alkyl halides is 2. The lowest BCUT2D eigenvalue weighted by Crippen LogP contribution is -2.40. The van der Waals surface area contributed by atoms with E-state index in [0.29, 0.717) is 5.66 Å². The maximum atomic E-state index is 7.36. The van der Waals surface area contributed by atoms with Gasteiger partial charge in [-0.1, -0.05) is 80.8 Å². The topological polar surface area (TPSA) is 15.7 Å². The van der Waals surface area contributed by atoms with Crippen molar-refractivity contribution in [3.05, 3.63) is 69.0 Å². The van der Waals surface area contributed by atoms with Crippen LogP contribution in [0.4, 0.5) is 11.4 Å². The van der Waals surface area contributed by atoms with Crippen LogP contribution in [0.5, 0.6) is 0 Å². The second kappa shape index (κ2) is 15.1. The van der Waals surface area contributed by atoms with Gasteiger partial charge in [0.2, 0.25) is 0 Å². The molecule has 2 aromatic carbocycles. The van der Waals surface area contributed by atoms with E-state index in [9.17, 15) is 0 Å². The smallest absolute Gasteiger partial charge is 0.122 e. The second-order valence-corrected chi connectivity index (χ2v) is 21.5. The quantitative estimate of drug-likeness (QED) is 0.210. The van der Waals surface area contributed by atoms with Gasteiger partial charge in [0.05, 0.1) is 0 Å². The molecule has 1 heterocycles. The summed E-state index contributed by atoms with van der Waals surface area (Å²) >= 11 is 14.7. The number of nitrogens with zero attached hydrogens (tertiary/aromatic N) is 2. The summed E-state index contributed by atoms with van der Waals surface area (Å²) in [5.41, 5.74) is 14.2. The summed E-state index contributed by atoms with van der Waals surface area (Å²) in [5.74, 6) is 3.91. The average molecular weight is 712 g/mol. The van der Waals surface area contributed by atoms with Crippen LogP contribution in [0.1, 0.15) is 124 Å². The fourth-order valence-corrected chi connectivity index (χ4v) is 17.4. The third-order valence-electron chi connectivity index (χ3n) is 12.2. The summed E-state index contributed by atoms with van der Waals surface area (Å²) < 4.78 is 5.89. The fraction of sp³-hybridized carbons (Fsp3) is 0.643. The first-order valence-corrected chi connectivity index (χ1v) is 21.9. The van der Waals surface area contributed by atoms with Gasteiger partial charge in [0, 0.05) is 49.1 Å². The molecule has 1 aliphatic heterocycles. The Morgan fingerprint density at radius 3 is 1.56 bits per heavy atom. The predicted molar refractivity (Wildman–Crippen MR) is 213 cm³/mol. The van der Waals surface area contributed by atoms with Gasteiger partial charge in [-0.05, 0) is 126 Å². The molecule has 0 aromatic heterocycles. The van der Waals surface area contributed by atoms with Gasteiger partial charge in [-0.25, -0.2) is 0 Å². The second-order valence-electron chi connectivity index (χ2n) is 15.8. The normalized spacial score (nSPS) is 22.9. The van der Waals surface area contributed by atoms with E-state index in [0.717, 1.165) is 50.3 Å². The van der Waals surface area contributed by atoms with Crippen LogP contribution in [0.15, 0.2) is 35.7 Å². The van der Waals surface area contributed by atoms with Crippen molar-refractivity contribution in [2.24, 2.45) is 0 Å². The highest BCUT2D eigenvalue weighted by atomic mass is 35.5. The van der Waals surface area contributed by atoms with Crippen LogP contribution in [0.2, 0.25) is 0 Å². The number of ether oxygens (including phenoxy) is 1. The summed E-state index contributed by atoms with van der Waals surface area (Å²) in [6, 6.07) is 9.47. The molecule has 3 aliphatic carbocycles. The van der Waals surface area contributed by atoms with Gasteiger partial charge < -0.3 is 14.5 Å². The van der Waals surface area contributed by atoms with E-state index in [-0.39, 0.29) is 0 Å². The Morgan fingerprint density at radius 2 is 1.15 bits per heavy atom. The molecule has 1 unspecified atom stereocenters. The van der Waals surface area contributed by atoms with Gasteiger partial charge >= 0.3 is 0 Å². The SMILES string of the molecule is CCOC=P(C1CCCCC1)(C1CCCCC1)C1CCC(Cl)(Cl)CC1=C1N(c2c(C)cc(C)cc2C)CCN1c1c(C)cc(C)cc1C. The van der Waals surface area contributed by atoms with E-state index >= 15 is 0 Å². The number of aryl methyl sites for hydroxylation is 6. The van der Waals surface area contributed by atoms with E-state index in [1.54, 1.807) is 0 Å². The minimum absolute atomic E-state index is 0.441. The van der Waals surface area contributed by atoms with Crippen LogP contribution in [0.25, 0.3) is 0 Å². The molecule has 0 N–H and O–H groups in total. The summed E-state index contributed by atoms with van der Waals surface area (Å²) in [7, 11) is 0. The first-order valence-electron chi connectivity index (χ1n) is 19.1. The summed E-state index contributed by atoms with van der Waals surface area (Å²) in [4.78, 5) is 5.38. The van der Waals surface area contributed by atoms with Gasteiger partial charge in [-0.2, -0.15) is 0 Å². The van der Waals surface area contributed by atoms with Crippen molar-refractivity contribution in [1.82, 2.24) is 0 Å². The minimum Gasteiger partial charge on any atom is -0.354 e. The zero-order valence-electron chi connectivity index (χ0n) is 30.9. The zero-order chi connectivity index (χ0) is 34.2. The Bertz CT molecular complexity index is 1430. The van der Waals surface area contributed by atoms with Crippen molar-refractivity contribution in [3.8, 4) is 0 Å². The fourth-order valence-electron chi connectivity index (χ4n) is 10.6. The highest BCUT2D eigenvalue weighted by Crippen LogP contribution is 2.71. The Morgan fingerprint density at radius 1 is 0.708 bits per heavy atom. The van der Waals surface area contributed by atoms with Gasteiger partial charge in [0.1, 0.15) is 10.2 Å². The Kier molecular flexibility index (Phi) is 11.4. The van der Waals surface area contributed by atoms with E-state index in [1.165, 1.54) is 120 Å². The standard InChI is InChI=1S/C42H61Cl2N2OP/c1-8-47-28-48(35-15-11-9-12-16-35,36-17-13-10-14-18-36)38-19-20-42(43,44)27-37(38)41-45(39-31(4)23-29(2)24-32(39)5)21-22-46(41)40-33(6)25-30(3)26-34(40)7/h23-26,28,35-36,38H,8-22,27H2,1-7H3. The number of rotatable bonds is 7. The number of anilines is 2. The molecule has 4 aliphatic rings. The number of hydrogen-bond acceptors (Lipinski definition) is 3. The molecular formula is C42H61Cl2N2OP. The Hall–Kier alpha value is -1.38. The lowest BCUT2D eigenvalue weighted by molar-refractivity contribution is 0.349. The van der Waals surface area contributed by atoms with Crippen LogP contribution in [-0.4, -0.2) is 47.0 Å². The molecular weight excluding hydrogens is 650 g/mol.